The third kappa shape index (κ3) is 3.58. The van der Waals surface area contributed by atoms with Gasteiger partial charge >= 0.3 is 0 Å². The number of hydrogen-bond acceptors (Lipinski definition) is 2. The summed E-state index contributed by atoms with van der Waals surface area (Å²) in [5.74, 6) is -0.536. The zero-order valence-corrected chi connectivity index (χ0v) is 12.3. The van der Waals surface area contributed by atoms with E-state index in [0.29, 0.717) is 4.90 Å². The average Bonchev–Trinajstić information content (AvgIpc) is 2.43. The molecule has 0 spiro atoms. The molecule has 2 aromatic rings. The minimum Gasteiger partial charge on any atom is -0.310 e. The lowest BCUT2D eigenvalue weighted by Gasteiger charge is -2.17. The number of nitrogens with one attached hydrogen (secondary N) is 1. The first kappa shape index (κ1) is 15.0. The number of halogens is 2. The molecule has 1 unspecified atom stereocenters. The van der Waals surface area contributed by atoms with Gasteiger partial charge in [0.25, 0.3) is 0 Å². The standard InChI is InChI=1S/C16H17F2NS/c1-3-19-11(2)13-10-12(17)8-9-15(13)20-16-7-5-4-6-14(16)18/h4-11,19H,3H2,1-2H3. The predicted octanol–water partition coefficient (Wildman–Crippen LogP) is 4.79. The highest BCUT2D eigenvalue weighted by atomic mass is 32.2. The molecule has 0 amide bonds. The summed E-state index contributed by atoms with van der Waals surface area (Å²) in [6.45, 7) is 4.77. The third-order valence-corrected chi connectivity index (χ3v) is 4.15. The number of hydrogen-bond donors (Lipinski definition) is 1. The molecule has 0 saturated carbocycles. The normalized spacial score (nSPS) is 12.4. The van der Waals surface area contributed by atoms with Crippen molar-refractivity contribution in [3.63, 3.8) is 0 Å². The molecule has 2 aromatic carbocycles. The lowest BCUT2D eigenvalue weighted by molar-refractivity contribution is 0.574. The Morgan fingerprint density at radius 3 is 2.55 bits per heavy atom. The van der Waals surface area contributed by atoms with Crippen LogP contribution in [0.15, 0.2) is 52.3 Å². The Bertz CT molecular complexity index is 586. The molecule has 0 radical (unpaired) electrons. The van der Waals surface area contributed by atoms with Crippen LogP contribution in [0.1, 0.15) is 25.5 Å². The average molecular weight is 293 g/mol. The molecule has 20 heavy (non-hydrogen) atoms. The van der Waals surface area contributed by atoms with Gasteiger partial charge < -0.3 is 5.32 Å². The van der Waals surface area contributed by atoms with Crippen molar-refractivity contribution in [2.75, 3.05) is 6.54 Å². The second-order valence-corrected chi connectivity index (χ2v) is 5.58. The van der Waals surface area contributed by atoms with E-state index < -0.39 is 0 Å². The molecule has 1 nitrogen and oxygen atoms in total. The van der Waals surface area contributed by atoms with Crippen LogP contribution in [0.3, 0.4) is 0 Å². The van der Waals surface area contributed by atoms with E-state index in [1.165, 1.54) is 30.0 Å². The van der Waals surface area contributed by atoms with Crippen LogP contribution in [0.5, 0.6) is 0 Å². The Kier molecular flexibility index (Phi) is 5.15. The smallest absolute Gasteiger partial charge is 0.137 e. The van der Waals surface area contributed by atoms with Crippen LogP contribution in [0.25, 0.3) is 0 Å². The van der Waals surface area contributed by atoms with E-state index in [0.717, 1.165) is 17.0 Å². The lowest BCUT2D eigenvalue weighted by atomic mass is 10.1. The maximum Gasteiger partial charge on any atom is 0.137 e. The maximum atomic E-state index is 13.7. The Morgan fingerprint density at radius 1 is 1.10 bits per heavy atom. The summed E-state index contributed by atoms with van der Waals surface area (Å²) in [7, 11) is 0. The fraction of sp³-hybridized carbons (Fsp3) is 0.250. The first-order valence-corrected chi connectivity index (χ1v) is 7.38. The van der Waals surface area contributed by atoms with E-state index in [1.54, 1.807) is 24.3 Å². The molecule has 0 aliphatic heterocycles. The van der Waals surface area contributed by atoms with Crippen LogP contribution in [0.2, 0.25) is 0 Å². The van der Waals surface area contributed by atoms with Crippen LogP contribution >= 0.6 is 11.8 Å². The Balaban J connectivity index is 2.34. The van der Waals surface area contributed by atoms with Gasteiger partial charge in [-0.2, -0.15) is 0 Å². The Labute approximate surface area is 122 Å². The molecule has 0 fully saturated rings. The first-order valence-electron chi connectivity index (χ1n) is 6.57. The van der Waals surface area contributed by atoms with Crippen molar-refractivity contribution < 1.29 is 8.78 Å². The van der Waals surface area contributed by atoms with Crippen molar-refractivity contribution in [1.82, 2.24) is 5.32 Å². The van der Waals surface area contributed by atoms with Crippen molar-refractivity contribution in [3.8, 4) is 0 Å². The Morgan fingerprint density at radius 2 is 1.85 bits per heavy atom. The first-order chi connectivity index (χ1) is 9.61. The van der Waals surface area contributed by atoms with Crippen LogP contribution in [-0.4, -0.2) is 6.54 Å². The van der Waals surface area contributed by atoms with Gasteiger partial charge in [0.05, 0.1) is 0 Å². The fourth-order valence-electron chi connectivity index (χ4n) is 2.01. The summed E-state index contributed by atoms with van der Waals surface area (Å²) in [5, 5.41) is 3.26. The molecular formula is C16H17F2NS. The van der Waals surface area contributed by atoms with Gasteiger partial charge in [-0.15, -0.1) is 0 Å². The quantitative estimate of drug-likeness (QED) is 0.851. The molecular weight excluding hydrogens is 276 g/mol. The van der Waals surface area contributed by atoms with Gasteiger partial charge in [-0.05, 0) is 49.4 Å². The van der Waals surface area contributed by atoms with Crippen LogP contribution in [-0.2, 0) is 0 Å². The van der Waals surface area contributed by atoms with E-state index in [2.05, 4.69) is 5.32 Å². The van der Waals surface area contributed by atoms with Crippen LogP contribution in [0, 0.1) is 11.6 Å². The third-order valence-electron chi connectivity index (χ3n) is 3.01. The minimum absolute atomic E-state index is 0.0185. The molecule has 1 atom stereocenters. The molecule has 4 heteroatoms. The van der Waals surface area contributed by atoms with Gasteiger partial charge in [-0.3, -0.25) is 0 Å². The monoisotopic (exact) mass is 293 g/mol. The summed E-state index contributed by atoms with van der Waals surface area (Å²) in [5.41, 5.74) is 0.847. The number of benzene rings is 2. The molecule has 2 rings (SSSR count). The molecule has 0 bridgehead atoms. The summed E-state index contributed by atoms with van der Waals surface area (Å²) in [6.07, 6.45) is 0. The molecule has 0 aromatic heterocycles. The second-order valence-electron chi connectivity index (χ2n) is 4.49. The van der Waals surface area contributed by atoms with E-state index >= 15 is 0 Å². The van der Waals surface area contributed by atoms with Crippen molar-refractivity contribution in [3.05, 3.63) is 59.7 Å². The lowest BCUT2D eigenvalue weighted by Crippen LogP contribution is -2.18. The van der Waals surface area contributed by atoms with Gasteiger partial charge in [0.15, 0.2) is 0 Å². The summed E-state index contributed by atoms with van der Waals surface area (Å²) < 4.78 is 27.2. The second kappa shape index (κ2) is 6.86. The van der Waals surface area contributed by atoms with Gasteiger partial charge in [0.2, 0.25) is 0 Å². The molecule has 0 aliphatic carbocycles. The highest BCUT2D eigenvalue weighted by molar-refractivity contribution is 7.99. The van der Waals surface area contributed by atoms with E-state index in [1.807, 2.05) is 13.8 Å². The summed E-state index contributed by atoms with van der Waals surface area (Å²) >= 11 is 1.32. The molecule has 106 valence electrons. The van der Waals surface area contributed by atoms with E-state index in [4.69, 9.17) is 0 Å². The highest BCUT2D eigenvalue weighted by Gasteiger charge is 2.13. The molecule has 0 heterocycles. The molecule has 0 aliphatic rings. The zero-order valence-electron chi connectivity index (χ0n) is 11.5. The number of rotatable bonds is 5. The SMILES string of the molecule is CCNC(C)c1cc(F)ccc1Sc1ccccc1F. The Hall–Kier alpha value is -1.39. The van der Waals surface area contributed by atoms with Crippen molar-refractivity contribution >= 4 is 11.8 Å². The van der Waals surface area contributed by atoms with Crippen LogP contribution < -0.4 is 5.32 Å². The minimum atomic E-state index is -0.275. The van der Waals surface area contributed by atoms with Crippen molar-refractivity contribution in [2.45, 2.75) is 29.7 Å². The molecule has 0 saturated heterocycles. The van der Waals surface area contributed by atoms with Gasteiger partial charge in [-0.25, -0.2) is 8.78 Å². The molecule has 1 N–H and O–H groups in total. The zero-order chi connectivity index (χ0) is 14.5. The summed E-state index contributed by atoms with van der Waals surface area (Å²) in [6, 6.07) is 11.3. The fourth-order valence-corrected chi connectivity index (χ4v) is 3.05. The predicted molar refractivity (Wildman–Crippen MR) is 79.0 cm³/mol. The topological polar surface area (TPSA) is 12.0 Å². The van der Waals surface area contributed by atoms with Crippen molar-refractivity contribution in [1.29, 1.82) is 0 Å². The van der Waals surface area contributed by atoms with Gasteiger partial charge in [0, 0.05) is 15.8 Å². The van der Waals surface area contributed by atoms with E-state index in [-0.39, 0.29) is 17.7 Å². The maximum absolute atomic E-state index is 13.7. The summed E-state index contributed by atoms with van der Waals surface area (Å²) in [4.78, 5) is 1.41. The largest absolute Gasteiger partial charge is 0.310 e. The van der Waals surface area contributed by atoms with E-state index in [9.17, 15) is 8.78 Å². The highest BCUT2D eigenvalue weighted by Crippen LogP contribution is 2.35. The van der Waals surface area contributed by atoms with Gasteiger partial charge in [-0.1, -0.05) is 30.8 Å². The van der Waals surface area contributed by atoms with Crippen molar-refractivity contribution in [2.24, 2.45) is 0 Å². The van der Waals surface area contributed by atoms with Gasteiger partial charge in [0.1, 0.15) is 11.6 Å². The van der Waals surface area contributed by atoms with Crippen LogP contribution in [0.4, 0.5) is 8.78 Å².